The Morgan fingerprint density at radius 2 is 2.13 bits per heavy atom. The predicted octanol–water partition coefficient (Wildman–Crippen LogP) is 2.43. The maximum Gasteiger partial charge on any atom is 0.320 e. The molecule has 4 heterocycles. The molecule has 9 heteroatoms. The Kier molecular flexibility index (Phi) is 6.20. The van der Waals surface area contributed by atoms with E-state index in [1.165, 1.54) is 24.0 Å². The third-order valence-electron chi connectivity index (χ3n) is 5.81. The van der Waals surface area contributed by atoms with Gasteiger partial charge in [-0.05, 0) is 48.9 Å². The minimum atomic E-state index is -1.01. The van der Waals surface area contributed by atoms with E-state index >= 15 is 0 Å². The van der Waals surface area contributed by atoms with Gasteiger partial charge in [-0.25, -0.2) is 9.78 Å². The van der Waals surface area contributed by atoms with Crippen LogP contribution >= 0.6 is 0 Å². The fourth-order valence-corrected chi connectivity index (χ4v) is 4.26. The van der Waals surface area contributed by atoms with Gasteiger partial charge in [0.15, 0.2) is 0 Å². The monoisotopic (exact) mass is 425 g/mol. The Morgan fingerprint density at radius 1 is 1.26 bits per heavy atom. The number of nitrogens with zero attached hydrogens (tertiary/aromatic N) is 4. The van der Waals surface area contributed by atoms with Crippen LogP contribution in [0.2, 0.25) is 0 Å². The molecule has 0 spiro atoms. The first-order valence-electron chi connectivity index (χ1n) is 10.6. The van der Waals surface area contributed by atoms with Crippen molar-refractivity contribution in [2.24, 2.45) is 0 Å². The number of carboxylic acids is 1. The fourth-order valence-electron chi connectivity index (χ4n) is 4.26. The standard InChI is InChI=1S/C22H27N5O4/c28-18-11-16(13-23-14-18)19(12-20(29)30)27-10-9-26(22(27)31)8-2-4-17-6-5-15-3-1-7-24-21(15)25-17/h5-6,11,13-14,19,28H,1-4,7-10,12H2,(H,24,25)(H,29,30)/t19-/m0/s1. The molecule has 0 aromatic carbocycles. The highest BCUT2D eigenvalue weighted by Crippen LogP contribution is 2.29. The SMILES string of the molecule is O=C(O)C[C@@H](c1cncc(O)c1)N1CCN(CCCc2ccc3c(n2)NCCC3)C1=O. The maximum absolute atomic E-state index is 13.0. The minimum absolute atomic E-state index is 0.0524. The number of carbonyl (C=O) groups excluding carboxylic acids is 1. The lowest BCUT2D eigenvalue weighted by molar-refractivity contribution is -0.138. The number of urea groups is 1. The van der Waals surface area contributed by atoms with Gasteiger partial charge in [-0.15, -0.1) is 0 Å². The maximum atomic E-state index is 13.0. The summed E-state index contributed by atoms with van der Waals surface area (Å²) in [5, 5.41) is 22.4. The van der Waals surface area contributed by atoms with Crippen LogP contribution in [0.4, 0.5) is 10.6 Å². The normalized spacial score (nSPS) is 16.7. The van der Waals surface area contributed by atoms with E-state index in [9.17, 15) is 19.8 Å². The molecule has 1 fully saturated rings. The van der Waals surface area contributed by atoms with E-state index in [0.29, 0.717) is 25.2 Å². The van der Waals surface area contributed by atoms with Crippen molar-refractivity contribution in [1.82, 2.24) is 19.8 Å². The number of aryl methyl sites for hydroxylation is 2. The van der Waals surface area contributed by atoms with E-state index in [1.807, 2.05) is 0 Å². The molecule has 0 saturated carbocycles. The zero-order valence-corrected chi connectivity index (χ0v) is 17.3. The topological polar surface area (TPSA) is 119 Å². The number of hydrogen-bond acceptors (Lipinski definition) is 6. The van der Waals surface area contributed by atoms with Crippen molar-refractivity contribution in [3.05, 3.63) is 47.4 Å². The van der Waals surface area contributed by atoms with Crippen molar-refractivity contribution in [2.45, 2.75) is 38.1 Å². The molecule has 164 valence electrons. The zero-order chi connectivity index (χ0) is 21.8. The van der Waals surface area contributed by atoms with Gasteiger partial charge in [0, 0.05) is 38.1 Å². The lowest BCUT2D eigenvalue weighted by Crippen LogP contribution is -2.36. The van der Waals surface area contributed by atoms with Crippen molar-refractivity contribution in [3.8, 4) is 5.75 Å². The van der Waals surface area contributed by atoms with Crippen LogP contribution in [0.3, 0.4) is 0 Å². The second-order valence-corrected chi connectivity index (χ2v) is 8.00. The number of aromatic hydroxyl groups is 1. The van der Waals surface area contributed by atoms with Crippen LogP contribution in [-0.4, -0.2) is 68.2 Å². The summed E-state index contributed by atoms with van der Waals surface area (Å²) in [5.41, 5.74) is 2.78. The number of aliphatic carboxylic acids is 1. The van der Waals surface area contributed by atoms with Crippen LogP contribution in [0.15, 0.2) is 30.6 Å². The molecule has 2 aromatic rings. The number of aromatic nitrogens is 2. The molecule has 0 bridgehead atoms. The Bertz CT molecular complexity index is 967. The quantitative estimate of drug-likeness (QED) is 0.594. The van der Waals surface area contributed by atoms with Gasteiger partial charge >= 0.3 is 12.0 Å². The van der Waals surface area contributed by atoms with Gasteiger partial charge in [-0.1, -0.05) is 6.07 Å². The Hall–Kier alpha value is -3.36. The number of nitrogens with one attached hydrogen (secondary N) is 1. The first-order valence-corrected chi connectivity index (χ1v) is 10.6. The fraction of sp³-hybridized carbons (Fsp3) is 0.455. The van der Waals surface area contributed by atoms with Gasteiger partial charge < -0.3 is 25.3 Å². The summed E-state index contributed by atoms with van der Waals surface area (Å²) in [6, 6.07) is 4.80. The zero-order valence-electron chi connectivity index (χ0n) is 17.3. The first kappa shape index (κ1) is 20.9. The van der Waals surface area contributed by atoms with Crippen LogP contribution in [0.1, 0.15) is 42.1 Å². The summed E-state index contributed by atoms with van der Waals surface area (Å²) in [5.74, 6) is -0.0847. The molecule has 2 aromatic heterocycles. The van der Waals surface area contributed by atoms with Crippen molar-refractivity contribution in [2.75, 3.05) is 31.5 Å². The number of carbonyl (C=O) groups is 2. The van der Waals surface area contributed by atoms with Gasteiger partial charge in [0.1, 0.15) is 11.6 Å². The summed E-state index contributed by atoms with van der Waals surface area (Å²) in [6.45, 7) is 2.52. The summed E-state index contributed by atoms with van der Waals surface area (Å²) < 4.78 is 0. The largest absolute Gasteiger partial charge is 0.506 e. The van der Waals surface area contributed by atoms with Gasteiger partial charge in [-0.3, -0.25) is 9.78 Å². The number of hydrogen-bond donors (Lipinski definition) is 3. The molecule has 0 aliphatic carbocycles. The van der Waals surface area contributed by atoms with Crippen molar-refractivity contribution < 1.29 is 19.8 Å². The number of amides is 2. The second-order valence-electron chi connectivity index (χ2n) is 8.00. The van der Waals surface area contributed by atoms with E-state index in [2.05, 4.69) is 22.4 Å². The molecule has 4 rings (SSSR count). The molecule has 3 N–H and O–H groups in total. The molecule has 2 amide bonds. The van der Waals surface area contributed by atoms with Crippen LogP contribution in [0, 0.1) is 0 Å². The molecule has 2 aliphatic rings. The molecular formula is C22H27N5O4. The number of pyridine rings is 2. The average Bonchev–Trinajstić information content (AvgIpc) is 3.12. The van der Waals surface area contributed by atoms with Crippen molar-refractivity contribution in [3.63, 3.8) is 0 Å². The highest BCUT2D eigenvalue weighted by Gasteiger charge is 2.35. The third-order valence-corrected chi connectivity index (χ3v) is 5.81. The molecule has 9 nitrogen and oxygen atoms in total. The van der Waals surface area contributed by atoms with Gasteiger partial charge in [-0.2, -0.15) is 0 Å². The minimum Gasteiger partial charge on any atom is -0.506 e. The average molecular weight is 425 g/mol. The Labute approximate surface area is 180 Å². The summed E-state index contributed by atoms with van der Waals surface area (Å²) in [7, 11) is 0. The van der Waals surface area contributed by atoms with Crippen LogP contribution in [-0.2, 0) is 17.6 Å². The number of rotatable bonds is 8. The predicted molar refractivity (Wildman–Crippen MR) is 114 cm³/mol. The Balaban J connectivity index is 1.37. The third kappa shape index (κ3) is 4.87. The lowest BCUT2D eigenvalue weighted by atomic mass is 10.0. The van der Waals surface area contributed by atoms with Gasteiger partial charge in [0.25, 0.3) is 0 Å². The van der Waals surface area contributed by atoms with Crippen molar-refractivity contribution in [1.29, 1.82) is 0 Å². The molecule has 0 unspecified atom stereocenters. The highest BCUT2D eigenvalue weighted by atomic mass is 16.4. The molecule has 1 atom stereocenters. The molecule has 0 radical (unpaired) electrons. The Morgan fingerprint density at radius 3 is 2.94 bits per heavy atom. The summed E-state index contributed by atoms with van der Waals surface area (Å²) in [6.07, 6.45) is 6.28. The van der Waals surface area contributed by atoms with E-state index in [0.717, 1.165) is 43.7 Å². The van der Waals surface area contributed by atoms with Crippen LogP contribution in [0.25, 0.3) is 0 Å². The first-order chi connectivity index (χ1) is 15.0. The number of anilines is 1. The molecule has 1 saturated heterocycles. The van der Waals surface area contributed by atoms with Crippen molar-refractivity contribution >= 4 is 17.8 Å². The smallest absolute Gasteiger partial charge is 0.320 e. The number of carboxylic acid groups (broad SMARTS) is 1. The molecular weight excluding hydrogens is 398 g/mol. The molecule has 31 heavy (non-hydrogen) atoms. The van der Waals surface area contributed by atoms with E-state index in [-0.39, 0.29) is 18.2 Å². The summed E-state index contributed by atoms with van der Waals surface area (Å²) >= 11 is 0. The van der Waals surface area contributed by atoms with Crippen LogP contribution < -0.4 is 5.32 Å². The highest BCUT2D eigenvalue weighted by molar-refractivity contribution is 5.78. The van der Waals surface area contributed by atoms with Gasteiger partial charge in [0.05, 0.1) is 18.7 Å². The second kappa shape index (κ2) is 9.20. The molecule has 2 aliphatic heterocycles. The van der Waals surface area contributed by atoms with E-state index < -0.39 is 12.0 Å². The van der Waals surface area contributed by atoms with E-state index in [4.69, 9.17) is 4.98 Å². The van der Waals surface area contributed by atoms with E-state index in [1.54, 1.807) is 9.80 Å². The summed E-state index contributed by atoms with van der Waals surface area (Å²) in [4.78, 5) is 36.3. The van der Waals surface area contributed by atoms with Gasteiger partial charge in [0.2, 0.25) is 0 Å². The van der Waals surface area contributed by atoms with Crippen LogP contribution in [0.5, 0.6) is 5.75 Å². The number of fused-ring (bicyclic) bond motifs is 1. The lowest BCUT2D eigenvalue weighted by Gasteiger charge is -2.27.